The molecule has 1 unspecified atom stereocenters. The van der Waals surface area contributed by atoms with Crippen LogP contribution in [0.3, 0.4) is 0 Å². The lowest BCUT2D eigenvalue weighted by Crippen LogP contribution is -2.28. The Kier molecular flexibility index (Phi) is 3.64. The first kappa shape index (κ1) is 14.6. The van der Waals surface area contributed by atoms with E-state index in [4.69, 9.17) is 14.7 Å². The van der Waals surface area contributed by atoms with Crippen LogP contribution in [0.4, 0.5) is 0 Å². The van der Waals surface area contributed by atoms with Gasteiger partial charge >= 0.3 is 0 Å². The van der Waals surface area contributed by atoms with Crippen molar-refractivity contribution in [2.75, 3.05) is 26.3 Å². The first-order valence-corrected chi connectivity index (χ1v) is 9.26. The Bertz CT molecular complexity index is 782. The maximum atomic E-state index is 5.55. The van der Waals surface area contributed by atoms with E-state index in [0.717, 1.165) is 51.2 Å². The molecule has 2 fully saturated rings. The van der Waals surface area contributed by atoms with Crippen molar-refractivity contribution in [2.45, 2.75) is 38.0 Å². The lowest BCUT2D eigenvalue weighted by molar-refractivity contribution is 0.0807. The van der Waals surface area contributed by atoms with Crippen LogP contribution in [-0.2, 0) is 11.2 Å². The number of piperidine rings is 1. The van der Waals surface area contributed by atoms with Gasteiger partial charge in [0.2, 0.25) is 0 Å². The minimum Gasteiger partial charge on any atom is -0.381 e. The standard InChI is InChI=1S/C19H24N4O/c1-2-14(10-20-7-1)17-12-23-18(22-17)11-21-16-4-3-15(19(16)23)13-5-8-24-9-6-13/h3,11-14,20H,1-2,4-10H2. The minimum absolute atomic E-state index is 0.534. The van der Waals surface area contributed by atoms with Crippen LogP contribution >= 0.6 is 0 Å². The van der Waals surface area contributed by atoms with Gasteiger partial charge in [0.05, 0.1) is 23.3 Å². The molecule has 2 aliphatic heterocycles. The molecule has 126 valence electrons. The summed E-state index contributed by atoms with van der Waals surface area (Å²) in [5, 5.41) is 3.50. The Morgan fingerprint density at radius 2 is 2.08 bits per heavy atom. The van der Waals surface area contributed by atoms with Crippen LogP contribution in [0.25, 0.3) is 11.2 Å². The van der Waals surface area contributed by atoms with E-state index in [1.54, 1.807) is 0 Å². The van der Waals surface area contributed by atoms with Gasteiger partial charge in [0.25, 0.3) is 0 Å². The second-order valence-corrected chi connectivity index (χ2v) is 7.24. The molecule has 0 saturated carbocycles. The highest BCUT2D eigenvalue weighted by atomic mass is 16.5. The molecule has 1 N–H and O–H groups in total. The average molecular weight is 324 g/mol. The van der Waals surface area contributed by atoms with E-state index < -0.39 is 0 Å². The predicted molar refractivity (Wildman–Crippen MR) is 93.1 cm³/mol. The quantitative estimate of drug-likeness (QED) is 0.922. The van der Waals surface area contributed by atoms with Gasteiger partial charge in [0.1, 0.15) is 0 Å². The van der Waals surface area contributed by atoms with Crippen LogP contribution in [0.1, 0.15) is 48.7 Å². The third-order valence-electron chi connectivity index (χ3n) is 5.77. The SMILES string of the molecule is C1=C(C2CCOCC2)c2c(ncc3nc(C4CCCNC4)cn23)C1. The van der Waals surface area contributed by atoms with Gasteiger partial charge in [0.15, 0.2) is 5.65 Å². The summed E-state index contributed by atoms with van der Waals surface area (Å²) in [6, 6.07) is 0. The number of fused-ring (bicyclic) bond motifs is 3. The fourth-order valence-electron chi connectivity index (χ4n) is 4.45. The zero-order valence-electron chi connectivity index (χ0n) is 14.0. The van der Waals surface area contributed by atoms with Crippen molar-refractivity contribution in [1.82, 2.24) is 19.7 Å². The molecule has 5 rings (SSSR count). The summed E-state index contributed by atoms with van der Waals surface area (Å²) in [4.78, 5) is 9.61. The van der Waals surface area contributed by atoms with E-state index in [0.29, 0.717) is 11.8 Å². The van der Waals surface area contributed by atoms with Gasteiger partial charge in [-0.3, -0.25) is 9.38 Å². The van der Waals surface area contributed by atoms with Crippen molar-refractivity contribution in [3.05, 3.63) is 35.6 Å². The maximum Gasteiger partial charge on any atom is 0.156 e. The van der Waals surface area contributed by atoms with Crippen LogP contribution in [0.5, 0.6) is 0 Å². The largest absolute Gasteiger partial charge is 0.381 e. The molecule has 2 aromatic rings. The van der Waals surface area contributed by atoms with Crippen molar-refractivity contribution in [3.8, 4) is 0 Å². The molecule has 0 bridgehead atoms. The number of imidazole rings is 1. The lowest BCUT2D eigenvalue weighted by atomic mass is 9.90. The van der Waals surface area contributed by atoms with E-state index in [1.165, 1.54) is 35.5 Å². The second kappa shape index (κ2) is 5.97. The minimum atomic E-state index is 0.534. The molecular formula is C19H24N4O. The molecule has 5 heteroatoms. The number of nitrogens with one attached hydrogen (secondary N) is 1. The summed E-state index contributed by atoms with van der Waals surface area (Å²) >= 11 is 0. The van der Waals surface area contributed by atoms with Crippen LogP contribution in [0, 0.1) is 5.92 Å². The third-order valence-corrected chi connectivity index (χ3v) is 5.77. The summed E-state index contributed by atoms with van der Waals surface area (Å²) in [5.41, 5.74) is 6.19. The number of allylic oxidation sites excluding steroid dienone is 2. The highest BCUT2D eigenvalue weighted by molar-refractivity contribution is 5.73. The van der Waals surface area contributed by atoms with Crippen LogP contribution in [-0.4, -0.2) is 40.7 Å². The molecule has 2 saturated heterocycles. The molecule has 24 heavy (non-hydrogen) atoms. The number of aromatic nitrogens is 3. The molecule has 0 spiro atoms. The van der Waals surface area contributed by atoms with E-state index in [1.807, 2.05) is 6.20 Å². The summed E-state index contributed by atoms with van der Waals surface area (Å²) in [5.74, 6) is 1.14. The fraction of sp³-hybridized carbons (Fsp3) is 0.579. The maximum absolute atomic E-state index is 5.55. The molecule has 3 aliphatic rings. The Labute approximate surface area is 142 Å². The van der Waals surface area contributed by atoms with Gasteiger partial charge in [-0.2, -0.15) is 0 Å². The van der Waals surface area contributed by atoms with Gasteiger partial charge in [-0.15, -0.1) is 0 Å². The molecule has 0 aromatic carbocycles. The highest BCUT2D eigenvalue weighted by Gasteiger charge is 2.28. The van der Waals surface area contributed by atoms with Crippen LogP contribution < -0.4 is 5.32 Å². The number of nitrogens with zero attached hydrogens (tertiary/aromatic N) is 3. The summed E-state index contributed by atoms with van der Waals surface area (Å²) in [7, 11) is 0. The highest BCUT2D eigenvalue weighted by Crippen LogP contribution is 2.37. The molecule has 4 heterocycles. The van der Waals surface area contributed by atoms with Crippen LogP contribution in [0.2, 0.25) is 0 Å². The fourth-order valence-corrected chi connectivity index (χ4v) is 4.45. The van der Waals surface area contributed by atoms with Crippen LogP contribution in [0.15, 0.2) is 18.5 Å². The van der Waals surface area contributed by atoms with Gasteiger partial charge < -0.3 is 10.1 Å². The Morgan fingerprint density at radius 1 is 1.17 bits per heavy atom. The molecule has 2 aromatic heterocycles. The zero-order valence-corrected chi connectivity index (χ0v) is 14.0. The Balaban J connectivity index is 1.55. The summed E-state index contributed by atoms with van der Waals surface area (Å²) < 4.78 is 7.86. The van der Waals surface area contributed by atoms with E-state index >= 15 is 0 Å². The first-order valence-electron chi connectivity index (χ1n) is 9.26. The molecular weight excluding hydrogens is 300 g/mol. The number of hydrogen-bond acceptors (Lipinski definition) is 4. The molecule has 5 nitrogen and oxygen atoms in total. The van der Waals surface area contributed by atoms with Gasteiger partial charge in [-0.05, 0) is 43.7 Å². The molecule has 0 amide bonds. The van der Waals surface area contributed by atoms with E-state index in [2.05, 4.69) is 22.0 Å². The Hall–Kier alpha value is -1.72. The van der Waals surface area contributed by atoms with E-state index in [9.17, 15) is 0 Å². The van der Waals surface area contributed by atoms with Crippen molar-refractivity contribution in [1.29, 1.82) is 0 Å². The number of rotatable bonds is 2. The summed E-state index contributed by atoms with van der Waals surface area (Å²) in [6.07, 6.45) is 12.3. The van der Waals surface area contributed by atoms with Gasteiger partial charge in [0, 0.05) is 38.3 Å². The summed E-state index contributed by atoms with van der Waals surface area (Å²) in [6.45, 7) is 3.94. The first-order chi connectivity index (χ1) is 11.9. The lowest BCUT2D eigenvalue weighted by Gasteiger charge is -2.24. The van der Waals surface area contributed by atoms with Crippen molar-refractivity contribution in [2.24, 2.45) is 5.92 Å². The van der Waals surface area contributed by atoms with Crippen molar-refractivity contribution >= 4 is 11.2 Å². The number of ether oxygens (including phenoxy) is 1. The van der Waals surface area contributed by atoms with E-state index in [-0.39, 0.29) is 0 Å². The number of hydrogen-bond donors (Lipinski definition) is 1. The molecule has 1 aliphatic carbocycles. The molecule has 1 atom stereocenters. The molecule has 0 radical (unpaired) electrons. The normalized spacial score (nSPS) is 25.0. The van der Waals surface area contributed by atoms with Crippen molar-refractivity contribution < 1.29 is 4.74 Å². The third kappa shape index (κ3) is 2.38. The van der Waals surface area contributed by atoms with Crippen molar-refractivity contribution in [3.63, 3.8) is 0 Å². The zero-order chi connectivity index (χ0) is 15.9. The average Bonchev–Trinajstić information content (AvgIpc) is 3.27. The topological polar surface area (TPSA) is 51.5 Å². The smallest absolute Gasteiger partial charge is 0.156 e. The monoisotopic (exact) mass is 324 g/mol. The van der Waals surface area contributed by atoms with Gasteiger partial charge in [-0.25, -0.2) is 4.98 Å². The second-order valence-electron chi connectivity index (χ2n) is 7.24. The van der Waals surface area contributed by atoms with Gasteiger partial charge in [-0.1, -0.05) is 6.08 Å². The Morgan fingerprint density at radius 3 is 2.92 bits per heavy atom. The predicted octanol–water partition coefficient (Wildman–Crippen LogP) is 2.56.